The van der Waals surface area contributed by atoms with E-state index in [1.165, 1.54) is 33.0 Å². The summed E-state index contributed by atoms with van der Waals surface area (Å²) in [7, 11) is 0. The molecule has 10 rings (SSSR count). The monoisotopic (exact) mass is 734 g/mol. The van der Waals surface area contributed by atoms with Crippen LogP contribution in [0, 0.1) is 11.8 Å². The van der Waals surface area contributed by atoms with E-state index in [0.717, 1.165) is 62.8 Å². The standard InChI is InChI=1S/C53H42N4/c1-35-13-11-22-50(36(35)2)57-51-21-10-9-20-47(51)56-53(57)43-30-23-37(24-31-43)44-32-27-38-18-12-19-45(46(38)33-44)39-25-28-41(29-26-39)49-34-48(40-14-5-3-6-15-40)54-52(55-49)42-16-7-4-8-17-42/h3-12,14-36,50H,13H2,1-2H3. The summed E-state index contributed by atoms with van der Waals surface area (Å²) < 4.78 is 2.46. The normalized spacial score (nSPS) is 16.6. The number of allylic oxidation sites excluding steroid dienone is 2. The summed E-state index contributed by atoms with van der Waals surface area (Å²) >= 11 is 0. The fourth-order valence-corrected chi connectivity index (χ4v) is 8.43. The van der Waals surface area contributed by atoms with Crippen LogP contribution in [0.1, 0.15) is 26.3 Å². The van der Waals surface area contributed by atoms with E-state index >= 15 is 0 Å². The molecular formula is C53H42N4. The van der Waals surface area contributed by atoms with Crippen LogP contribution < -0.4 is 0 Å². The first-order chi connectivity index (χ1) is 28.1. The molecule has 1 aliphatic carbocycles. The molecule has 0 fully saturated rings. The van der Waals surface area contributed by atoms with Gasteiger partial charge in [0.25, 0.3) is 0 Å². The maximum absolute atomic E-state index is 5.19. The first-order valence-corrected chi connectivity index (χ1v) is 20.0. The van der Waals surface area contributed by atoms with Crippen LogP contribution in [-0.4, -0.2) is 19.5 Å². The molecule has 0 saturated heterocycles. The number of imidazole rings is 1. The molecular weight excluding hydrogens is 693 g/mol. The van der Waals surface area contributed by atoms with Crippen molar-refractivity contribution in [2.75, 3.05) is 0 Å². The summed E-state index contributed by atoms with van der Waals surface area (Å²) in [6, 6.07) is 62.6. The molecule has 4 nitrogen and oxygen atoms in total. The van der Waals surface area contributed by atoms with Crippen LogP contribution in [0.3, 0.4) is 0 Å². The molecule has 274 valence electrons. The number of hydrogen-bond donors (Lipinski definition) is 0. The average molecular weight is 735 g/mol. The highest BCUT2D eigenvalue weighted by Gasteiger charge is 2.28. The van der Waals surface area contributed by atoms with Crippen LogP contribution in [0.4, 0.5) is 0 Å². The van der Waals surface area contributed by atoms with Crippen LogP contribution in [0.15, 0.2) is 188 Å². The van der Waals surface area contributed by atoms with E-state index in [1.54, 1.807) is 0 Å². The van der Waals surface area contributed by atoms with Crippen molar-refractivity contribution in [2.45, 2.75) is 26.3 Å². The molecule has 3 atom stereocenters. The Bertz CT molecular complexity index is 2830. The Morgan fingerprint density at radius 2 is 1.11 bits per heavy atom. The predicted octanol–water partition coefficient (Wildman–Crippen LogP) is 13.8. The minimum absolute atomic E-state index is 0.267. The van der Waals surface area contributed by atoms with Crippen molar-refractivity contribution in [1.82, 2.24) is 19.5 Å². The first-order valence-electron chi connectivity index (χ1n) is 20.0. The van der Waals surface area contributed by atoms with Gasteiger partial charge in [0.05, 0.1) is 28.5 Å². The number of nitrogens with zero attached hydrogens (tertiary/aromatic N) is 4. The quantitative estimate of drug-likeness (QED) is 0.153. The van der Waals surface area contributed by atoms with E-state index in [-0.39, 0.29) is 6.04 Å². The summed E-state index contributed by atoms with van der Waals surface area (Å²) in [5.74, 6) is 2.87. The lowest BCUT2D eigenvalue weighted by Gasteiger charge is -2.32. The topological polar surface area (TPSA) is 43.6 Å². The van der Waals surface area contributed by atoms with Crippen LogP contribution in [0.5, 0.6) is 0 Å². The van der Waals surface area contributed by atoms with Gasteiger partial charge in [-0.2, -0.15) is 0 Å². The molecule has 0 amide bonds. The molecule has 1 aliphatic rings. The lowest BCUT2D eigenvalue weighted by Crippen LogP contribution is -2.24. The highest BCUT2D eigenvalue weighted by molar-refractivity contribution is 5.99. The first kappa shape index (κ1) is 34.6. The van der Waals surface area contributed by atoms with Crippen molar-refractivity contribution in [1.29, 1.82) is 0 Å². The second-order valence-corrected chi connectivity index (χ2v) is 15.4. The summed E-state index contributed by atoms with van der Waals surface area (Å²) in [6.45, 7) is 4.74. The average Bonchev–Trinajstić information content (AvgIpc) is 3.67. The molecule has 7 aromatic carbocycles. The van der Waals surface area contributed by atoms with Gasteiger partial charge in [-0.05, 0) is 75.5 Å². The number of rotatable bonds is 7. The van der Waals surface area contributed by atoms with Gasteiger partial charge in [-0.1, -0.05) is 178 Å². The largest absolute Gasteiger partial charge is 0.317 e. The van der Waals surface area contributed by atoms with E-state index < -0.39 is 0 Å². The Morgan fingerprint density at radius 3 is 1.86 bits per heavy atom. The van der Waals surface area contributed by atoms with Crippen LogP contribution >= 0.6 is 0 Å². The third-order valence-corrected chi connectivity index (χ3v) is 11.8. The molecule has 2 heterocycles. The molecule has 2 aromatic heterocycles. The van der Waals surface area contributed by atoms with E-state index in [0.29, 0.717) is 11.8 Å². The van der Waals surface area contributed by atoms with Crippen LogP contribution in [0.25, 0.3) is 89.4 Å². The number of hydrogen-bond acceptors (Lipinski definition) is 3. The number of fused-ring (bicyclic) bond motifs is 2. The zero-order chi connectivity index (χ0) is 38.3. The van der Waals surface area contributed by atoms with Gasteiger partial charge in [0.1, 0.15) is 5.82 Å². The minimum Gasteiger partial charge on any atom is -0.317 e. The van der Waals surface area contributed by atoms with Gasteiger partial charge in [0.2, 0.25) is 0 Å². The minimum atomic E-state index is 0.267. The summed E-state index contributed by atoms with van der Waals surface area (Å²) in [5, 5.41) is 2.44. The zero-order valence-corrected chi connectivity index (χ0v) is 32.1. The van der Waals surface area contributed by atoms with Gasteiger partial charge in [-0.15, -0.1) is 0 Å². The summed E-state index contributed by atoms with van der Waals surface area (Å²) in [4.78, 5) is 15.2. The third-order valence-electron chi connectivity index (χ3n) is 11.8. The van der Waals surface area contributed by atoms with E-state index in [9.17, 15) is 0 Å². The molecule has 0 spiro atoms. The Hall–Kier alpha value is -6.91. The second kappa shape index (κ2) is 14.6. The SMILES string of the molecule is CC1CC=CC(n2c(-c3ccc(-c4ccc5cccc(-c6ccc(-c7cc(-c8ccccc8)nc(-c8ccccc8)n7)cc6)c5c4)cc3)nc3ccccc32)C1C. The molecule has 9 aromatic rings. The van der Waals surface area contributed by atoms with Crippen molar-refractivity contribution >= 4 is 21.8 Å². The molecule has 4 heteroatoms. The lowest BCUT2D eigenvalue weighted by atomic mass is 9.82. The van der Waals surface area contributed by atoms with Crippen molar-refractivity contribution in [3.8, 4) is 67.5 Å². The molecule has 0 radical (unpaired) electrons. The smallest absolute Gasteiger partial charge is 0.160 e. The maximum atomic E-state index is 5.19. The highest BCUT2D eigenvalue weighted by Crippen LogP contribution is 2.40. The second-order valence-electron chi connectivity index (χ2n) is 15.4. The number of aromatic nitrogens is 4. The molecule has 3 unspecified atom stereocenters. The van der Waals surface area contributed by atoms with Crippen molar-refractivity contribution in [2.24, 2.45) is 11.8 Å². The number of benzene rings is 7. The van der Waals surface area contributed by atoms with Gasteiger partial charge < -0.3 is 4.57 Å². The Labute approximate surface area is 333 Å². The number of para-hydroxylation sites is 2. The van der Waals surface area contributed by atoms with E-state index in [1.807, 2.05) is 36.4 Å². The van der Waals surface area contributed by atoms with Gasteiger partial charge in [0, 0.05) is 22.3 Å². The molecule has 0 aliphatic heterocycles. The van der Waals surface area contributed by atoms with Gasteiger partial charge in [-0.25, -0.2) is 15.0 Å². The molecule has 0 saturated carbocycles. The van der Waals surface area contributed by atoms with Crippen LogP contribution in [0.2, 0.25) is 0 Å². The maximum Gasteiger partial charge on any atom is 0.160 e. The van der Waals surface area contributed by atoms with Gasteiger partial charge in [0.15, 0.2) is 5.82 Å². The molecule has 0 N–H and O–H groups in total. The molecule has 57 heavy (non-hydrogen) atoms. The highest BCUT2D eigenvalue weighted by atomic mass is 15.1. The van der Waals surface area contributed by atoms with E-state index in [2.05, 4.69) is 170 Å². The van der Waals surface area contributed by atoms with Crippen molar-refractivity contribution < 1.29 is 0 Å². The van der Waals surface area contributed by atoms with Crippen LogP contribution in [-0.2, 0) is 0 Å². The Kier molecular flexibility index (Phi) is 8.87. The van der Waals surface area contributed by atoms with Crippen molar-refractivity contribution in [3.05, 3.63) is 188 Å². The van der Waals surface area contributed by atoms with E-state index in [4.69, 9.17) is 15.0 Å². The Morgan fingerprint density at radius 1 is 0.491 bits per heavy atom. The zero-order valence-electron chi connectivity index (χ0n) is 32.1. The van der Waals surface area contributed by atoms with Gasteiger partial charge >= 0.3 is 0 Å². The fourth-order valence-electron chi connectivity index (χ4n) is 8.43. The lowest BCUT2D eigenvalue weighted by molar-refractivity contribution is 0.294. The third kappa shape index (κ3) is 6.53. The Balaban J connectivity index is 0.984. The van der Waals surface area contributed by atoms with Crippen molar-refractivity contribution in [3.63, 3.8) is 0 Å². The summed E-state index contributed by atoms with van der Waals surface area (Å²) in [5.41, 5.74) is 13.0. The predicted molar refractivity (Wildman–Crippen MR) is 237 cm³/mol. The summed E-state index contributed by atoms with van der Waals surface area (Å²) in [6.07, 6.45) is 5.86. The molecule has 0 bridgehead atoms. The fraction of sp³-hybridized carbons (Fsp3) is 0.113. The van der Waals surface area contributed by atoms with Gasteiger partial charge in [-0.3, -0.25) is 0 Å².